The Bertz CT molecular complexity index is 1040. The van der Waals surface area contributed by atoms with Gasteiger partial charge in [0.25, 0.3) is 5.91 Å². The lowest BCUT2D eigenvalue weighted by Crippen LogP contribution is -2.34. The number of carboxylic acids is 1. The van der Waals surface area contributed by atoms with Crippen molar-refractivity contribution in [2.75, 3.05) is 11.2 Å². The number of benzene rings is 1. The fraction of sp³-hybridized carbons (Fsp3) is 0.222. The SMILES string of the molecule is CC(=O)Oc1ccc(C(=O)N[C@H](C(=O)O)c2csc(NC(=O)CCl)n2)cc1OC(C)=O. The lowest BCUT2D eigenvalue weighted by molar-refractivity contribution is -0.139. The number of alkyl halides is 1. The van der Waals surface area contributed by atoms with E-state index in [2.05, 4.69) is 15.6 Å². The molecule has 13 heteroatoms. The van der Waals surface area contributed by atoms with E-state index in [0.717, 1.165) is 31.3 Å². The highest BCUT2D eigenvalue weighted by atomic mass is 35.5. The molecular weight excluding hydrogens is 454 g/mol. The van der Waals surface area contributed by atoms with E-state index < -0.39 is 35.8 Å². The van der Waals surface area contributed by atoms with Gasteiger partial charge in [-0.1, -0.05) is 0 Å². The first-order chi connectivity index (χ1) is 14.6. The third kappa shape index (κ3) is 6.76. The van der Waals surface area contributed by atoms with E-state index in [-0.39, 0.29) is 33.8 Å². The van der Waals surface area contributed by atoms with Crippen molar-refractivity contribution in [3.8, 4) is 11.5 Å². The molecule has 1 aromatic heterocycles. The number of nitrogens with one attached hydrogen (secondary N) is 2. The minimum absolute atomic E-state index is 0.0209. The highest BCUT2D eigenvalue weighted by molar-refractivity contribution is 7.14. The van der Waals surface area contributed by atoms with Gasteiger partial charge in [0.15, 0.2) is 22.7 Å². The Morgan fingerprint density at radius 1 is 1.13 bits per heavy atom. The summed E-state index contributed by atoms with van der Waals surface area (Å²) in [6, 6.07) is 2.08. The molecule has 0 spiro atoms. The number of rotatable bonds is 8. The van der Waals surface area contributed by atoms with Crippen molar-refractivity contribution in [2.45, 2.75) is 19.9 Å². The van der Waals surface area contributed by atoms with Crippen LogP contribution in [0.25, 0.3) is 0 Å². The van der Waals surface area contributed by atoms with E-state index in [4.69, 9.17) is 21.1 Å². The number of aromatic nitrogens is 1. The molecule has 0 bridgehead atoms. The predicted octanol–water partition coefficient (Wildman–Crippen LogP) is 1.73. The number of nitrogens with zero attached hydrogens (tertiary/aromatic N) is 1. The second-order valence-corrected chi connectivity index (χ2v) is 6.98. The second-order valence-electron chi connectivity index (χ2n) is 5.85. The Hall–Kier alpha value is -3.51. The third-order valence-electron chi connectivity index (χ3n) is 3.42. The Labute approximate surface area is 184 Å². The smallest absolute Gasteiger partial charge is 0.332 e. The van der Waals surface area contributed by atoms with E-state index >= 15 is 0 Å². The normalized spacial score (nSPS) is 11.2. The number of thiazole rings is 1. The molecule has 0 saturated carbocycles. The molecular formula is C18H16ClN3O8S. The Kier molecular flexibility index (Phi) is 8.05. The van der Waals surface area contributed by atoms with Gasteiger partial charge < -0.3 is 25.2 Å². The number of ether oxygens (including phenoxy) is 2. The standard InChI is InChI=1S/C18H16ClN3O8S/c1-8(23)29-12-4-3-10(5-13(12)30-9(2)24)16(26)22-15(17(27)28)11-7-31-18(20-11)21-14(25)6-19/h3-5,7,15H,6H2,1-2H3,(H,22,26)(H,27,28)(H,20,21,25)/t15-/m0/s1. The molecule has 164 valence electrons. The van der Waals surface area contributed by atoms with Crippen molar-refractivity contribution in [2.24, 2.45) is 0 Å². The van der Waals surface area contributed by atoms with E-state index in [0.29, 0.717) is 0 Å². The van der Waals surface area contributed by atoms with Crippen LogP contribution in [0.4, 0.5) is 5.13 Å². The molecule has 0 radical (unpaired) electrons. The van der Waals surface area contributed by atoms with E-state index in [1.54, 1.807) is 0 Å². The molecule has 1 atom stereocenters. The monoisotopic (exact) mass is 469 g/mol. The summed E-state index contributed by atoms with van der Waals surface area (Å²) in [7, 11) is 0. The fourth-order valence-electron chi connectivity index (χ4n) is 2.23. The van der Waals surface area contributed by atoms with Gasteiger partial charge in [0.05, 0.1) is 5.69 Å². The number of esters is 2. The summed E-state index contributed by atoms with van der Waals surface area (Å²) in [6.45, 7) is 2.26. The van der Waals surface area contributed by atoms with Crippen LogP contribution in [0.15, 0.2) is 23.6 Å². The summed E-state index contributed by atoms with van der Waals surface area (Å²) in [4.78, 5) is 62.1. The molecule has 2 amide bonds. The van der Waals surface area contributed by atoms with Crippen LogP contribution in [0.3, 0.4) is 0 Å². The van der Waals surface area contributed by atoms with Gasteiger partial charge in [-0.05, 0) is 18.2 Å². The molecule has 0 aliphatic rings. The first-order valence-corrected chi connectivity index (χ1v) is 9.88. The van der Waals surface area contributed by atoms with Gasteiger partial charge in [0, 0.05) is 24.8 Å². The van der Waals surface area contributed by atoms with Crippen LogP contribution in [-0.4, -0.2) is 45.7 Å². The molecule has 31 heavy (non-hydrogen) atoms. The topological polar surface area (TPSA) is 161 Å². The number of halogens is 1. The quantitative estimate of drug-likeness (QED) is 0.297. The lowest BCUT2D eigenvalue weighted by atomic mass is 10.1. The predicted molar refractivity (Wildman–Crippen MR) is 108 cm³/mol. The highest BCUT2D eigenvalue weighted by Gasteiger charge is 2.26. The number of aliphatic carboxylic acids is 1. The molecule has 1 heterocycles. The average molecular weight is 470 g/mol. The van der Waals surface area contributed by atoms with Crippen molar-refractivity contribution >= 4 is 57.8 Å². The Balaban J connectivity index is 2.26. The van der Waals surface area contributed by atoms with Crippen LogP contribution >= 0.6 is 22.9 Å². The zero-order chi connectivity index (χ0) is 23.1. The third-order valence-corrected chi connectivity index (χ3v) is 4.44. The zero-order valence-electron chi connectivity index (χ0n) is 16.1. The van der Waals surface area contributed by atoms with Gasteiger partial charge in [0.1, 0.15) is 5.88 Å². The maximum atomic E-state index is 12.6. The fourth-order valence-corrected chi connectivity index (χ4v) is 3.05. The molecule has 0 fully saturated rings. The van der Waals surface area contributed by atoms with Crippen LogP contribution in [0.2, 0.25) is 0 Å². The first-order valence-electron chi connectivity index (χ1n) is 8.46. The number of carbonyl (C=O) groups is 5. The van der Waals surface area contributed by atoms with Gasteiger partial charge in [-0.2, -0.15) is 0 Å². The van der Waals surface area contributed by atoms with Crippen LogP contribution in [0.5, 0.6) is 11.5 Å². The highest BCUT2D eigenvalue weighted by Crippen LogP contribution is 2.29. The molecule has 0 aliphatic heterocycles. The van der Waals surface area contributed by atoms with Gasteiger partial charge in [-0.25, -0.2) is 9.78 Å². The van der Waals surface area contributed by atoms with Crippen LogP contribution in [0, 0.1) is 0 Å². The van der Waals surface area contributed by atoms with Gasteiger partial charge >= 0.3 is 17.9 Å². The number of carbonyl (C=O) groups excluding carboxylic acids is 4. The zero-order valence-corrected chi connectivity index (χ0v) is 17.7. The average Bonchev–Trinajstić information content (AvgIpc) is 3.13. The summed E-state index contributed by atoms with van der Waals surface area (Å²) < 4.78 is 9.87. The summed E-state index contributed by atoms with van der Waals surface area (Å²) in [5, 5.41) is 15.6. The maximum Gasteiger partial charge on any atom is 0.332 e. The number of hydrogen-bond acceptors (Lipinski definition) is 9. The van der Waals surface area contributed by atoms with Crippen molar-refractivity contribution in [1.29, 1.82) is 0 Å². The van der Waals surface area contributed by atoms with Gasteiger partial charge in [-0.3, -0.25) is 19.2 Å². The Morgan fingerprint density at radius 2 is 1.77 bits per heavy atom. The van der Waals surface area contributed by atoms with Gasteiger partial charge in [0.2, 0.25) is 5.91 Å². The lowest BCUT2D eigenvalue weighted by Gasteiger charge is -2.14. The number of carboxylic acid groups (broad SMARTS) is 1. The van der Waals surface area contributed by atoms with Crippen molar-refractivity contribution in [3.63, 3.8) is 0 Å². The van der Waals surface area contributed by atoms with E-state index in [1.165, 1.54) is 17.5 Å². The molecule has 2 rings (SSSR count). The van der Waals surface area contributed by atoms with Crippen LogP contribution in [0.1, 0.15) is 35.9 Å². The number of amides is 2. The molecule has 2 aromatic rings. The van der Waals surface area contributed by atoms with E-state index in [1.807, 2.05) is 0 Å². The summed E-state index contributed by atoms with van der Waals surface area (Å²) >= 11 is 6.35. The largest absolute Gasteiger partial charge is 0.479 e. The summed E-state index contributed by atoms with van der Waals surface area (Å²) in [6.07, 6.45) is 0. The van der Waals surface area contributed by atoms with Crippen LogP contribution < -0.4 is 20.1 Å². The number of hydrogen-bond donors (Lipinski definition) is 3. The molecule has 0 aliphatic carbocycles. The minimum atomic E-state index is -1.53. The molecule has 0 unspecified atom stereocenters. The number of anilines is 1. The minimum Gasteiger partial charge on any atom is -0.479 e. The van der Waals surface area contributed by atoms with E-state index in [9.17, 15) is 29.1 Å². The molecule has 3 N–H and O–H groups in total. The first kappa shape index (κ1) is 23.8. The van der Waals surface area contributed by atoms with Gasteiger partial charge in [-0.15, -0.1) is 22.9 Å². The Morgan fingerprint density at radius 3 is 2.35 bits per heavy atom. The maximum absolute atomic E-state index is 12.6. The van der Waals surface area contributed by atoms with Crippen molar-refractivity contribution < 1.29 is 38.6 Å². The van der Waals surface area contributed by atoms with Crippen LogP contribution in [-0.2, 0) is 19.2 Å². The molecule has 0 saturated heterocycles. The summed E-state index contributed by atoms with van der Waals surface area (Å²) in [5.74, 6) is -4.72. The van der Waals surface area contributed by atoms with Crippen molar-refractivity contribution in [1.82, 2.24) is 10.3 Å². The van der Waals surface area contributed by atoms with Crippen molar-refractivity contribution in [3.05, 3.63) is 34.8 Å². The molecule has 11 nitrogen and oxygen atoms in total. The molecule has 1 aromatic carbocycles. The second kappa shape index (κ2) is 10.5. The summed E-state index contributed by atoms with van der Waals surface area (Å²) in [5.41, 5.74) is -0.0863.